The minimum absolute atomic E-state index is 1.05. The molecule has 88 valence electrons. The van der Waals surface area contributed by atoms with Crippen LogP contribution in [0.3, 0.4) is 0 Å². The van der Waals surface area contributed by atoms with Gasteiger partial charge in [-0.2, -0.15) is 11.8 Å². The fraction of sp³-hybridized carbons (Fsp3) is 0.615. The molecular formula is C13H20N2S. The summed E-state index contributed by atoms with van der Waals surface area (Å²) in [6.45, 7) is 3.87. The van der Waals surface area contributed by atoms with E-state index in [1.807, 2.05) is 24.0 Å². The van der Waals surface area contributed by atoms with E-state index in [-0.39, 0.29) is 0 Å². The average Bonchev–Trinajstić information content (AvgIpc) is 2.37. The van der Waals surface area contributed by atoms with Crippen LogP contribution in [0.1, 0.15) is 25.0 Å². The molecule has 0 amide bonds. The molecular weight excluding hydrogens is 216 g/mol. The normalized spacial score (nSPS) is 17.5. The van der Waals surface area contributed by atoms with E-state index in [2.05, 4.69) is 22.0 Å². The number of nitrogens with zero attached hydrogens (tertiary/aromatic N) is 2. The Kier molecular flexibility index (Phi) is 5.16. The zero-order valence-corrected chi connectivity index (χ0v) is 10.6. The van der Waals surface area contributed by atoms with Gasteiger partial charge in [0, 0.05) is 24.2 Å². The lowest BCUT2D eigenvalue weighted by Gasteiger charge is -2.25. The van der Waals surface area contributed by atoms with E-state index in [1.54, 1.807) is 0 Å². The highest BCUT2D eigenvalue weighted by Crippen LogP contribution is 2.12. The van der Waals surface area contributed by atoms with Gasteiger partial charge in [-0.25, -0.2) is 0 Å². The van der Waals surface area contributed by atoms with Gasteiger partial charge in [-0.3, -0.25) is 4.98 Å². The van der Waals surface area contributed by atoms with Gasteiger partial charge < -0.3 is 4.90 Å². The first-order chi connectivity index (χ1) is 7.95. The molecule has 0 saturated carbocycles. The van der Waals surface area contributed by atoms with Crippen LogP contribution in [0.5, 0.6) is 0 Å². The Labute approximate surface area is 102 Å². The summed E-state index contributed by atoms with van der Waals surface area (Å²) < 4.78 is 0. The van der Waals surface area contributed by atoms with Crippen molar-refractivity contribution < 1.29 is 0 Å². The summed E-state index contributed by atoms with van der Waals surface area (Å²) in [6.07, 6.45) is 6.09. The highest BCUT2D eigenvalue weighted by atomic mass is 32.2. The molecule has 1 saturated heterocycles. The predicted molar refractivity (Wildman–Crippen MR) is 70.7 cm³/mol. The Morgan fingerprint density at radius 2 is 2.06 bits per heavy atom. The van der Waals surface area contributed by atoms with E-state index >= 15 is 0 Å². The van der Waals surface area contributed by atoms with Gasteiger partial charge in [0.2, 0.25) is 0 Å². The lowest BCUT2D eigenvalue weighted by molar-refractivity contribution is 0.242. The summed E-state index contributed by atoms with van der Waals surface area (Å²) in [5.41, 5.74) is 1.20. The van der Waals surface area contributed by atoms with E-state index in [1.165, 1.54) is 50.3 Å². The fourth-order valence-corrected chi connectivity index (χ4v) is 2.95. The van der Waals surface area contributed by atoms with E-state index < -0.39 is 0 Å². The third kappa shape index (κ3) is 4.14. The summed E-state index contributed by atoms with van der Waals surface area (Å²) in [5, 5.41) is 0. The molecule has 0 aliphatic carbocycles. The van der Waals surface area contributed by atoms with Gasteiger partial charge in [0.15, 0.2) is 0 Å². The molecule has 1 aliphatic heterocycles. The summed E-state index contributed by atoms with van der Waals surface area (Å²) in [5.74, 6) is 2.28. The van der Waals surface area contributed by atoms with Crippen molar-refractivity contribution in [3.8, 4) is 0 Å². The van der Waals surface area contributed by atoms with Crippen molar-refractivity contribution in [1.29, 1.82) is 0 Å². The van der Waals surface area contributed by atoms with Crippen molar-refractivity contribution in [3.05, 3.63) is 30.1 Å². The van der Waals surface area contributed by atoms with Crippen molar-refractivity contribution in [2.45, 2.75) is 25.0 Å². The quantitative estimate of drug-likeness (QED) is 0.731. The van der Waals surface area contributed by atoms with Crippen LogP contribution in [0.15, 0.2) is 24.4 Å². The summed E-state index contributed by atoms with van der Waals surface area (Å²) >= 11 is 2.00. The van der Waals surface area contributed by atoms with Gasteiger partial charge in [-0.15, -0.1) is 0 Å². The summed E-state index contributed by atoms with van der Waals surface area (Å²) in [4.78, 5) is 6.92. The van der Waals surface area contributed by atoms with Crippen molar-refractivity contribution in [3.63, 3.8) is 0 Å². The van der Waals surface area contributed by atoms with Crippen LogP contribution in [-0.4, -0.2) is 35.3 Å². The first-order valence-corrected chi connectivity index (χ1v) is 7.30. The monoisotopic (exact) mass is 236 g/mol. The Morgan fingerprint density at radius 1 is 1.19 bits per heavy atom. The van der Waals surface area contributed by atoms with Gasteiger partial charge in [0.25, 0.3) is 0 Å². The first kappa shape index (κ1) is 11.9. The smallest absolute Gasteiger partial charge is 0.0502 e. The zero-order chi connectivity index (χ0) is 11.1. The maximum absolute atomic E-state index is 4.33. The van der Waals surface area contributed by atoms with Gasteiger partial charge >= 0.3 is 0 Å². The molecule has 1 fully saturated rings. The van der Waals surface area contributed by atoms with Gasteiger partial charge in [0.05, 0.1) is 5.69 Å². The van der Waals surface area contributed by atoms with Crippen LogP contribution in [0.25, 0.3) is 0 Å². The van der Waals surface area contributed by atoms with Gasteiger partial charge in [0.1, 0.15) is 0 Å². The summed E-state index contributed by atoms with van der Waals surface area (Å²) in [6, 6.07) is 6.14. The number of hydrogen-bond donors (Lipinski definition) is 0. The van der Waals surface area contributed by atoms with Crippen LogP contribution >= 0.6 is 11.8 Å². The first-order valence-electron chi connectivity index (χ1n) is 6.15. The molecule has 16 heavy (non-hydrogen) atoms. The minimum Gasteiger partial charge on any atom is -0.303 e. The van der Waals surface area contributed by atoms with Crippen molar-refractivity contribution >= 4 is 11.8 Å². The van der Waals surface area contributed by atoms with E-state index in [0.29, 0.717) is 0 Å². The molecule has 1 aliphatic rings. The Morgan fingerprint density at radius 3 is 2.81 bits per heavy atom. The lowest BCUT2D eigenvalue weighted by Crippen LogP contribution is -2.31. The Balaban J connectivity index is 1.58. The van der Waals surface area contributed by atoms with Crippen LogP contribution in [-0.2, 0) is 5.75 Å². The molecule has 0 N–H and O–H groups in total. The fourth-order valence-electron chi connectivity index (χ4n) is 2.04. The van der Waals surface area contributed by atoms with E-state index in [4.69, 9.17) is 0 Å². The second-order valence-corrected chi connectivity index (χ2v) is 5.38. The largest absolute Gasteiger partial charge is 0.303 e. The zero-order valence-electron chi connectivity index (χ0n) is 9.77. The number of likely N-dealkylation sites (tertiary alicyclic amines) is 1. The molecule has 1 aromatic rings. The van der Waals surface area contributed by atoms with Gasteiger partial charge in [-0.05, 0) is 38.1 Å². The molecule has 0 aromatic carbocycles. The molecule has 0 unspecified atom stereocenters. The highest BCUT2D eigenvalue weighted by molar-refractivity contribution is 7.98. The summed E-state index contributed by atoms with van der Waals surface area (Å²) in [7, 11) is 0. The highest BCUT2D eigenvalue weighted by Gasteiger charge is 2.08. The van der Waals surface area contributed by atoms with E-state index in [0.717, 1.165) is 5.75 Å². The molecule has 0 radical (unpaired) electrons. The van der Waals surface area contributed by atoms with Crippen LogP contribution in [0, 0.1) is 0 Å². The molecule has 1 aromatic heterocycles. The minimum atomic E-state index is 1.05. The molecule has 0 bridgehead atoms. The maximum Gasteiger partial charge on any atom is 0.0502 e. The second-order valence-electron chi connectivity index (χ2n) is 4.28. The van der Waals surface area contributed by atoms with Crippen LogP contribution in [0.4, 0.5) is 0 Å². The Hall–Kier alpha value is -0.540. The topological polar surface area (TPSA) is 16.1 Å². The predicted octanol–water partition coefficient (Wildman–Crippen LogP) is 2.80. The molecule has 0 atom stereocenters. The number of piperidine rings is 1. The van der Waals surface area contributed by atoms with Gasteiger partial charge in [-0.1, -0.05) is 12.5 Å². The maximum atomic E-state index is 4.33. The van der Waals surface area contributed by atoms with Crippen molar-refractivity contribution in [1.82, 2.24) is 9.88 Å². The standard InChI is InChI=1S/C13H20N2S/c1-4-8-15(9-5-1)10-11-16-12-13-6-2-3-7-14-13/h2-3,6-7H,1,4-5,8-12H2. The molecule has 2 nitrogen and oxygen atoms in total. The molecule has 3 heteroatoms. The van der Waals surface area contributed by atoms with Crippen LogP contribution in [0.2, 0.25) is 0 Å². The number of thioether (sulfide) groups is 1. The molecule has 2 rings (SSSR count). The van der Waals surface area contributed by atoms with Crippen molar-refractivity contribution in [2.24, 2.45) is 0 Å². The number of rotatable bonds is 5. The SMILES string of the molecule is c1ccc(CSCCN2CCCCC2)nc1. The Bertz CT molecular complexity index is 283. The lowest BCUT2D eigenvalue weighted by atomic mass is 10.1. The second kappa shape index (κ2) is 6.92. The molecule has 0 spiro atoms. The molecule has 2 heterocycles. The number of aromatic nitrogens is 1. The third-order valence-electron chi connectivity index (χ3n) is 2.98. The average molecular weight is 236 g/mol. The van der Waals surface area contributed by atoms with Crippen LogP contribution < -0.4 is 0 Å². The third-order valence-corrected chi connectivity index (χ3v) is 3.95. The number of pyridine rings is 1. The van der Waals surface area contributed by atoms with E-state index in [9.17, 15) is 0 Å². The van der Waals surface area contributed by atoms with Crippen molar-refractivity contribution in [2.75, 3.05) is 25.4 Å². The number of hydrogen-bond acceptors (Lipinski definition) is 3.